The van der Waals surface area contributed by atoms with Gasteiger partial charge in [0.1, 0.15) is 6.10 Å². The van der Waals surface area contributed by atoms with E-state index in [1.54, 1.807) is 0 Å². The maximum atomic E-state index is 6.04. The molecule has 0 radical (unpaired) electrons. The molecule has 0 aromatic rings. The summed E-state index contributed by atoms with van der Waals surface area (Å²) in [5.41, 5.74) is 0.558. The van der Waals surface area contributed by atoms with Crippen LogP contribution >= 0.6 is 0 Å². The fraction of sp³-hybridized carbons (Fsp3) is 0.913. The summed E-state index contributed by atoms with van der Waals surface area (Å²) < 4.78 is 17.5. The Morgan fingerprint density at radius 2 is 1.62 bits per heavy atom. The molecule has 1 aliphatic rings. The first kappa shape index (κ1) is 25.6. The van der Waals surface area contributed by atoms with Crippen LogP contribution in [0.5, 0.6) is 0 Å². The molecular weight excluding hydrogens is 324 g/mol. The van der Waals surface area contributed by atoms with E-state index in [2.05, 4.69) is 46.8 Å². The van der Waals surface area contributed by atoms with E-state index in [9.17, 15) is 0 Å². The van der Waals surface area contributed by atoms with E-state index >= 15 is 0 Å². The molecular formula is C23H46O3. The average Bonchev–Trinajstić information content (AvgIpc) is 3.00. The highest BCUT2D eigenvalue weighted by molar-refractivity contribution is 5.00. The Labute approximate surface area is 163 Å². The first-order valence-corrected chi connectivity index (χ1v) is 10.8. The molecule has 0 aromatic carbocycles. The van der Waals surface area contributed by atoms with Gasteiger partial charge in [0.25, 0.3) is 0 Å². The minimum absolute atomic E-state index is 0.0545. The molecule has 0 aromatic heterocycles. The molecule has 0 spiro atoms. The molecule has 3 nitrogen and oxygen atoms in total. The number of allylic oxidation sites excluding steroid dienone is 1. The van der Waals surface area contributed by atoms with Crippen LogP contribution < -0.4 is 0 Å². The van der Waals surface area contributed by atoms with Crippen molar-refractivity contribution in [2.24, 2.45) is 10.8 Å². The van der Waals surface area contributed by atoms with E-state index in [0.717, 1.165) is 25.9 Å². The highest BCUT2D eigenvalue weighted by Gasteiger charge is 2.33. The molecule has 1 saturated heterocycles. The summed E-state index contributed by atoms with van der Waals surface area (Å²) in [6, 6.07) is 0. The van der Waals surface area contributed by atoms with Crippen LogP contribution in [0.25, 0.3) is 0 Å². The second-order valence-corrected chi connectivity index (χ2v) is 8.16. The van der Waals surface area contributed by atoms with Crippen LogP contribution in [0.15, 0.2) is 12.2 Å². The second kappa shape index (κ2) is 12.2. The number of hydrogen-bond donors (Lipinski definition) is 0. The lowest BCUT2D eigenvalue weighted by atomic mass is 9.78. The van der Waals surface area contributed by atoms with Crippen molar-refractivity contribution in [3.8, 4) is 0 Å². The zero-order valence-electron chi connectivity index (χ0n) is 19.1. The van der Waals surface area contributed by atoms with Gasteiger partial charge in [-0.3, -0.25) is 0 Å². The Balaban J connectivity index is 0.00000301. The lowest BCUT2D eigenvalue weighted by Crippen LogP contribution is -2.28. The van der Waals surface area contributed by atoms with Crippen molar-refractivity contribution in [1.82, 2.24) is 0 Å². The number of ether oxygens (including phenoxy) is 3. The van der Waals surface area contributed by atoms with Crippen molar-refractivity contribution in [2.75, 3.05) is 19.8 Å². The van der Waals surface area contributed by atoms with Crippen LogP contribution in [0.2, 0.25) is 0 Å². The predicted octanol–water partition coefficient (Wildman–Crippen LogP) is 6.76. The molecule has 1 aliphatic heterocycles. The van der Waals surface area contributed by atoms with Crippen molar-refractivity contribution in [3.63, 3.8) is 0 Å². The van der Waals surface area contributed by atoms with Crippen molar-refractivity contribution < 1.29 is 14.2 Å². The van der Waals surface area contributed by atoms with E-state index in [1.165, 1.54) is 12.8 Å². The number of hydrogen-bond acceptors (Lipinski definition) is 3. The summed E-state index contributed by atoms with van der Waals surface area (Å²) in [4.78, 5) is 0. The van der Waals surface area contributed by atoms with E-state index in [-0.39, 0.29) is 11.5 Å². The summed E-state index contributed by atoms with van der Waals surface area (Å²) >= 11 is 0. The van der Waals surface area contributed by atoms with Crippen LogP contribution in [-0.4, -0.2) is 31.7 Å². The van der Waals surface area contributed by atoms with Gasteiger partial charge in [-0.2, -0.15) is 0 Å². The largest absolute Gasteiger partial charge is 0.378 e. The summed E-state index contributed by atoms with van der Waals surface area (Å²) in [5, 5.41) is 0. The topological polar surface area (TPSA) is 27.7 Å². The first-order chi connectivity index (χ1) is 12.2. The minimum Gasteiger partial charge on any atom is -0.378 e. The quantitative estimate of drug-likeness (QED) is 0.376. The smallest absolute Gasteiger partial charge is 0.163 e. The molecule has 26 heavy (non-hydrogen) atoms. The van der Waals surface area contributed by atoms with Crippen LogP contribution in [-0.2, 0) is 14.2 Å². The molecule has 1 unspecified atom stereocenters. The van der Waals surface area contributed by atoms with E-state index < -0.39 is 5.79 Å². The van der Waals surface area contributed by atoms with Crippen LogP contribution in [0.4, 0.5) is 0 Å². The fourth-order valence-electron chi connectivity index (χ4n) is 3.11. The van der Waals surface area contributed by atoms with E-state index in [1.807, 2.05) is 27.7 Å². The molecule has 0 saturated carbocycles. The van der Waals surface area contributed by atoms with Gasteiger partial charge in [-0.25, -0.2) is 0 Å². The Bertz CT molecular complexity index is 379. The Hall–Kier alpha value is -0.380. The minimum atomic E-state index is -0.467. The fourth-order valence-corrected chi connectivity index (χ4v) is 3.11. The van der Waals surface area contributed by atoms with Crippen molar-refractivity contribution >= 4 is 0 Å². The summed E-state index contributed by atoms with van der Waals surface area (Å²) in [6.45, 7) is 21.4. The summed E-state index contributed by atoms with van der Waals surface area (Å²) in [7, 11) is 0. The Morgan fingerprint density at radius 1 is 1.04 bits per heavy atom. The Kier molecular flexibility index (Phi) is 12.0. The molecule has 156 valence electrons. The number of rotatable bonds is 11. The molecule has 0 aliphatic carbocycles. The van der Waals surface area contributed by atoms with Gasteiger partial charge in [-0.1, -0.05) is 73.5 Å². The van der Waals surface area contributed by atoms with Gasteiger partial charge in [0.05, 0.1) is 19.8 Å². The third-order valence-corrected chi connectivity index (χ3v) is 5.96. The van der Waals surface area contributed by atoms with Gasteiger partial charge in [0, 0.05) is 5.41 Å². The van der Waals surface area contributed by atoms with Gasteiger partial charge in [-0.05, 0) is 38.5 Å². The van der Waals surface area contributed by atoms with Crippen LogP contribution in [0.3, 0.4) is 0 Å². The standard InChI is InChI=1S/C21H40O3.C2H6/c1-8-20(7,9-2)13-12-14-21(10-3,11-4)17-22-15-18-16-23-19(5,6)24-18;1-2/h12,14,18H,8-11,13,15-17H2,1-7H3;1-2H3. The third-order valence-electron chi connectivity index (χ3n) is 5.96. The van der Waals surface area contributed by atoms with Crippen LogP contribution in [0.1, 0.15) is 94.4 Å². The van der Waals surface area contributed by atoms with E-state index in [4.69, 9.17) is 14.2 Å². The normalized spacial score (nSPS) is 20.3. The monoisotopic (exact) mass is 370 g/mol. The molecule has 3 heteroatoms. The maximum Gasteiger partial charge on any atom is 0.163 e. The summed E-state index contributed by atoms with van der Waals surface area (Å²) in [6.07, 6.45) is 10.7. The van der Waals surface area contributed by atoms with Crippen molar-refractivity contribution in [3.05, 3.63) is 12.2 Å². The van der Waals surface area contributed by atoms with E-state index in [0.29, 0.717) is 18.6 Å². The van der Waals surface area contributed by atoms with Gasteiger partial charge < -0.3 is 14.2 Å². The van der Waals surface area contributed by atoms with Gasteiger partial charge in [-0.15, -0.1) is 0 Å². The highest BCUT2D eigenvalue weighted by atomic mass is 16.7. The lowest BCUT2D eigenvalue weighted by molar-refractivity contribution is -0.146. The van der Waals surface area contributed by atoms with Crippen molar-refractivity contribution in [2.45, 2.75) is 106 Å². The molecule has 0 amide bonds. The summed E-state index contributed by atoms with van der Waals surface area (Å²) in [5.74, 6) is -0.467. The molecule has 0 bridgehead atoms. The highest BCUT2D eigenvalue weighted by Crippen LogP contribution is 2.33. The average molecular weight is 371 g/mol. The first-order valence-electron chi connectivity index (χ1n) is 10.8. The maximum absolute atomic E-state index is 6.04. The van der Waals surface area contributed by atoms with Gasteiger partial charge in [0.2, 0.25) is 0 Å². The zero-order valence-corrected chi connectivity index (χ0v) is 19.1. The van der Waals surface area contributed by atoms with Gasteiger partial charge >= 0.3 is 0 Å². The lowest BCUT2D eigenvalue weighted by Gasteiger charge is -2.30. The van der Waals surface area contributed by atoms with Crippen LogP contribution in [0, 0.1) is 10.8 Å². The molecule has 1 heterocycles. The van der Waals surface area contributed by atoms with Crippen molar-refractivity contribution in [1.29, 1.82) is 0 Å². The SMILES string of the molecule is CC.CCC(C)(CC)CC=CC(CC)(CC)COCC1COC(C)(C)O1. The Morgan fingerprint density at radius 3 is 2.04 bits per heavy atom. The molecule has 0 N–H and O–H groups in total. The van der Waals surface area contributed by atoms with Gasteiger partial charge in [0.15, 0.2) is 5.79 Å². The molecule has 1 fully saturated rings. The third kappa shape index (κ3) is 8.54. The molecule has 1 atom stereocenters. The zero-order chi connectivity index (χ0) is 20.3. The molecule has 1 rings (SSSR count). The predicted molar refractivity (Wildman–Crippen MR) is 113 cm³/mol. The second-order valence-electron chi connectivity index (χ2n) is 8.16.